The molecule has 5 nitrogen and oxygen atoms in total. The molecular formula is C26H31FN4O. The van der Waals surface area contributed by atoms with Crippen molar-refractivity contribution in [3.63, 3.8) is 0 Å². The summed E-state index contributed by atoms with van der Waals surface area (Å²) in [7, 11) is 0. The Balaban J connectivity index is 1.67. The van der Waals surface area contributed by atoms with Crippen LogP contribution in [0.15, 0.2) is 54.9 Å². The van der Waals surface area contributed by atoms with Gasteiger partial charge < -0.3 is 5.32 Å². The van der Waals surface area contributed by atoms with Crippen molar-refractivity contribution in [3.8, 4) is 0 Å². The van der Waals surface area contributed by atoms with Crippen molar-refractivity contribution in [1.82, 2.24) is 14.8 Å². The number of halogens is 1. The Morgan fingerprint density at radius 1 is 1.19 bits per heavy atom. The molecule has 32 heavy (non-hydrogen) atoms. The van der Waals surface area contributed by atoms with Crippen LogP contribution >= 0.6 is 0 Å². The molecule has 0 spiro atoms. The zero-order chi connectivity index (χ0) is 22.9. The van der Waals surface area contributed by atoms with Crippen LogP contribution in [0.3, 0.4) is 0 Å². The van der Waals surface area contributed by atoms with Crippen LogP contribution in [-0.4, -0.2) is 20.5 Å². The number of carbonyl (C=O) groups excluding carboxylic acids is 1. The Morgan fingerprint density at radius 3 is 2.53 bits per heavy atom. The van der Waals surface area contributed by atoms with Gasteiger partial charge in [-0.25, -0.2) is 9.07 Å². The van der Waals surface area contributed by atoms with Gasteiger partial charge in [0.2, 0.25) is 0 Å². The third-order valence-corrected chi connectivity index (χ3v) is 7.01. The monoisotopic (exact) mass is 434 g/mol. The third kappa shape index (κ3) is 3.94. The largest absolute Gasteiger partial charge is 0.361 e. The summed E-state index contributed by atoms with van der Waals surface area (Å²) in [6.07, 6.45) is 6.23. The first-order valence-electron chi connectivity index (χ1n) is 11.3. The molecule has 2 aromatic heterocycles. The summed E-state index contributed by atoms with van der Waals surface area (Å²) in [5.41, 5.74) is 1.95. The predicted octanol–water partition coefficient (Wildman–Crippen LogP) is 6.04. The summed E-state index contributed by atoms with van der Waals surface area (Å²) < 4.78 is 15.4. The topological polar surface area (TPSA) is 59.8 Å². The molecule has 1 aliphatic rings. The van der Waals surface area contributed by atoms with Gasteiger partial charge in [-0.05, 0) is 62.9 Å². The first-order chi connectivity index (χ1) is 15.3. The molecule has 0 amide bonds. The number of Topliss-reactive ketones (excluding diaryl/α,β-unsaturated/α-hetero) is 1. The molecule has 0 saturated heterocycles. The van der Waals surface area contributed by atoms with E-state index in [1.807, 2.05) is 35.0 Å². The zero-order valence-electron chi connectivity index (χ0n) is 19.2. The van der Waals surface area contributed by atoms with Crippen molar-refractivity contribution < 1.29 is 9.18 Å². The molecule has 168 valence electrons. The average molecular weight is 435 g/mol. The van der Waals surface area contributed by atoms with Gasteiger partial charge in [0, 0.05) is 18.0 Å². The number of ketones is 1. The second-order valence-corrected chi connectivity index (χ2v) is 9.38. The lowest BCUT2D eigenvalue weighted by Crippen LogP contribution is -2.38. The van der Waals surface area contributed by atoms with E-state index < -0.39 is 0 Å². The smallest absolute Gasteiger partial charge is 0.169 e. The molecular weight excluding hydrogens is 403 g/mol. The molecule has 4 rings (SSSR count). The van der Waals surface area contributed by atoms with E-state index in [9.17, 15) is 9.18 Å². The summed E-state index contributed by atoms with van der Waals surface area (Å²) in [5, 5.41) is 8.12. The van der Waals surface area contributed by atoms with Crippen molar-refractivity contribution in [3.05, 3.63) is 77.5 Å². The summed E-state index contributed by atoms with van der Waals surface area (Å²) in [5.74, 6) is 0.533. The van der Waals surface area contributed by atoms with Crippen LogP contribution in [0, 0.1) is 5.82 Å². The Bertz CT molecular complexity index is 1080. The minimum Gasteiger partial charge on any atom is -0.361 e. The molecule has 6 heteroatoms. The molecule has 0 fully saturated rings. The number of pyridine rings is 1. The molecule has 0 saturated carbocycles. The van der Waals surface area contributed by atoms with Crippen LogP contribution in [0.2, 0.25) is 0 Å². The number of nitrogens with zero attached hydrogens (tertiary/aromatic N) is 3. The molecule has 0 aliphatic carbocycles. The number of aromatic nitrogens is 3. The van der Waals surface area contributed by atoms with Crippen LogP contribution in [0.1, 0.15) is 81.0 Å². The maximum absolute atomic E-state index is 13.6. The number of anilines is 1. The molecule has 3 heterocycles. The van der Waals surface area contributed by atoms with Gasteiger partial charge in [0.25, 0.3) is 0 Å². The highest BCUT2D eigenvalue weighted by Crippen LogP contribution is 2.41. The molecule has 1 atom stereocenters. The lowest BCUT2D eigenvalue weighted by atomic mass is 9.71. The number of hydrogen-bond donors (Lipinski definition) is 1. The third-order valence-electron chi connectivity index (χ3n) is 7.01. The summed E-state index contributed by atoms with van der Waals surface area (Å²) in [4.78, 5) is 18.1. The van der Waals surface area contributed by atoms with Crippen LogP contribution in [0.4, 0.5) is 10.2 Å². The minimum atomic E-state index is -0.343. The van der Waals surface area contributed by atoms with Crippen molar-refractivity contribution in [1.29, 1.82) is 0 Å². The van der Waals surface area contributed by atoms with E-state index in [2.05, 4.69) is 43.1 Å². The van der Waals surface area contributed by atoms with Crippen LogP contribution < -0.4 is 5.32 Å². The molecule has 1 unspecified atom stereocenters. The van der Waals surface area contributed by atoms with E-state index >= 15 is 0 Å². The van der Waals surface area contributed by atoms with Gasteiger partial charge in [0.1, 0.15) is 11.6 Å². The van der Waals surface area contributed by atoms with Crippen LogP contribution in [0.5, 0.6) is 0 Å². The van der Waals surface area contributed by atoms with E-state index in [0.29, 0.717) is 12.0 Å². The molecule has 0 bridgehead atoms. The summed E-state index contributed by atoms with van der Waals surface area (Å²) in [6, 6.07) is 12.5. The zero-order valence-corrected chi connectivity index (χ0v) is 19.2. The van der Waals surface area contributed by atoms with E-state index in [1.165, 1.54) is 12.1 Å². The molecule has 3 aromatic rings. The fraction of sp³-hybridized carbons (Fsp3) is 0.423. The number of fused-ring (bicyclic) bond motifs is 1. The van der Waals surface area contributed by atoms with Crippen LogP contribution in [-0.2, 0) is 11.0 Å². The Kier molecular flexibility index (Phi) is 5.89. The van der Waals surface area contributed by atoms with Crippen molar-refractivity contribution in [2.24, 2.45) is 0 Å². The van der Waals surface area contributed by atoms with Gasteiger partial charge >= 0.3 is 0 Å². The summed E-state index contributed by atoms with van der Waals surface area (Å²) in [6.45, 7) is 8.45. The van der Waals surface area contributed by atoms with Gasteiger partial charge in [-0.1, -0.05) is 32.0 Å². The molecule has 1 N–H and O–H groups in total. The summed E-state index contributed by atoms with van der Waals surface area (Å²) >= 11 is 0. The van der Waals surface area contributed by atoms with Gasteiger partial charge in [0.05, 0.1) is 29.0 Å². The Labute approximate surface area is 189 Å². The highest BCUT2D eigenvalue weighted by molar-refractivity contribution is 6.01. The van der Waals surface area contributed by atoms with E-state index in [1.54, 1.807) is 12.4 Å². The highest BCUT2D eigenvalue weighted by atomic mass is 19.1. The maximum atomic E-state index is 13.6. The number of carbonyl (C=O) groups is 1. The van der Waals surface area contributed by atoms with E-state index in [4.69, 9.17) is 0 Å². The minimum absolute atomic E-state index is 0.00107. The average Bonchev–Trinajstić information content (AvgIpc) is 3.24. The van der Waals surface area contributed by atoms with Gasteiger partial charge in [-0.2, -0.15) is 5.10 Å². The first kappa shape index (κ1) is 22.2. The number of rotatable bonds is 7. The fourth-order valence-corrected chi connectivity index (χ4v) is 4.93. The number of nitrogens with one attached hydrogen (secondary N) is 1. The van der Waals surface area contributed by atoms with Crippen molar-refractivity contribution in [2.45, 2.75) is 70.4 Å². The molecule has 1 aromatic carbocycles. The second-order valence-electron chi connectivity index (χ2n) is 9.38. The van der Waals surface area contributed by atoms with Crippen molar-refractivity contribution >= 4 is 11.6 Å². The lowest BCUT2D eigenvalue weighted by Gasteiger charge is -2.38. The normalized spacial score (nSPS) is 17.5. The van der Waals surface area contributed by atoms with E-state index in [0.717, 1.165) is 36.3 Å². The second kappa shape index (κ2) is 8.49. The SMILES string of the molecule is CCC(CC)(CC(=O)c1cnn2c1NC(c1ccccn1)CC2(C)C)c1ccc(F)cc1. The Hall–Kier alpha value is -3.02. The quantitative estimate of drug-likeness (QED) is 0.461. The number of benzene rings is 1. The highest BCUT2D eigenvalue weighted by Gasteiger charge is 2.39. The fourth-order valence-electron chi connectivity index (χ4n) is 4.93. The molecule has 0 radical (unpaired) electrons. The predicted molar refractivity (Wildman–Crippen MR) is 124 cm³/mol. The number of hydrogen-bond acceptors (Lipinski definition) is 4. The van der Waals surface area contributed by atoms with Crippen LogP contribution in [0.25, 0.3) is 0 Å². The van der Waals surface area contributed by atoms with E-state index in [-0.39, 0.29) is 28.6 Å². The standard InChI is InChI=1S/C26H31FN4O/c1-5-26(6-2,18-10-12-19(27)13-11-18)16-23(32)20-17-29-31-24(20)30-22(15-25(31,3)4)21-9-7-8-14-28-21/h7-14,17,22,30H,5-6,15-16H2,1-4H3. The van der Waals surface area contributed by atoms with Gasteiger partial charge in [-0.3, -0.25) is 9.78 Å². The van der Waals surface area contributed by atoms with Gasteiger partial charge in [0.15, 0.2) is 5.78 Å². The lowest BCUT2D eigenvalue weighted by molar-refractivity contribution is 0.0944. The first-order valence-corrected chi connectivity index (χ1v) is 11.3. The van der Waals surface area contributed by atoms with Gasteiger partial charge in [-0.15, -0.1) is 0 Å². The maximum Gasteiger partial charge on any atom is 0.169 e. The Morgan fingerprint density at radius 2 is 1.91 bits per heavy atom. The molecule has 1 aliphatic heterocycles. The van der Waals surface area contributed by atoms with Crippen molar-refractivity contribution in [2.75, 3.05) is 5.32 Å².